The molecule has 1 aliphatic rings. The summed E-state index contributed by atoms with van der Waals surface area (Å²) in [6.07, 6.45) is 10.4. The van der Waals surface area contributed by atoms with Gasteiger partial charge in [-0.2, -0.15) is 0 Å². The Labute approximate surface area is 152 Å². The number of rotatable bonds is 1. The molecule has 1 aromatic rings. The Bertz CT molecular complexity index is 791. The molecule has 1 aliphatic carbocycles. The van der Waals surface area contributed by atoms with Gasteiger partial charge in [-0.3, -0.25) is 4.79 Å². The fourth-order valence-corrected chi connectivity index (χ4v) is 3.01. The van der Waals surface area contributed by atoms with Gasteiger partial charge in [0, 0.05) is 5.41 Å². The molecule has 0 saturated heterocycles. The molecule has 25 heavy (non-hydrogen) atoms. The highest BCUT2D eigenvalue weighted by Gasteiger charge is 2.29. The second kappa shape index (κ2) is 7.65. The van der Waals surface area contributed by atoms with Gasteiger partial charge in [0.2, 0.25) is 0 Å². The second-order valence-corrected chi connectivity index (χ2v) is 7.38. The monoisotopic (exact) mass is 332 g/mol. The van der Waals surface area contributed by atoms with Gasteiger partial charge in [0.15, 0.2) is 0 Å². The number of hydrogen-bond acceptors (Lipinski definition) is 1. The van der Waals surface area contributed by atoms with Gasteiger partial charge in [-0.1, -0.05) is 98.3 Å². The minimum atomic E-state index is -0.591. The average Bonchev–Trinajstić information content (AvgIpc) is 2.55. The maximum Gasteiger partial charge on any atom is 0.143 e. The van der Waals surface area contributed by atoms with Crippen molar-refractivity contribution in [3.63, 3.8) is 0 Å². The van der Waals surface area contributed by atoms with Crippen molar-refractivity contribution in [2.24, 2.45) is 5.41 Å². The van der Waals surface area contributed by atoms with Crippen molar-refractivity contribution in [2.45, 2.75) is 40.0 Å². The largest absolute Gasteiger partial charge is 0.299 e. The number of allylic oxidation sites excluding steroid dienone is 5. The number of hydrogen-bond donors (Lipinski definition) is 0. The molecule has 1 aromatic carbocycles. The van der Waals surface area contributed by atoms with E-state index in [2.05, 4.69) is 56.3 Å². The molecule has 0 aliphatic heterocycles. The molecule has 0 amide bonds. The molecule has 130 valence electrons. The first kappa shape index (κ1) is 18.9. The van der Waals surface area contributed by atoms with Gasteiger partial charge < -0.3 is 0 Å². The Balaban J connectivity index is 2.87. The van der Waals surface area contributed by atoms with Crippen LogP contribution in [0.15, 0.2) is 78.4 Å². The average molecular weight is 332 g/mol. The third-order valence-corrected chi connectivity index (χ3v) is 5.08. The summed E-state index contributed by atoms with van der Waals surface area (Å²) in [4.78, 5) is 12.3. The second-order valence-electron chi connectivity index (χ2n) is 7.38. The number of fused-ring (bicyclic) bond motifs is 1. The number of carbonyl (C=O) groups excluding carboxylic acids is 1. The summed E-state index contributed by atoms with van der Waals surface area (Å²) < 4.78 is 0. The Morgan fingerprint density at radius 1 is 0.840 bits per heavy atom. The van der Waals surface area contributed by atoms with Gasteiger partial charge in [0.25, 0.3) is 0 Å². The molecule has 1 heteroatoms. The molecule has 0 heterocycles. The van der Waals surface area contributed by atoms with Crippen LogP contribution < -0.4 is 0 Å². The first-order valence-electron chi connectivity index (χ1n) is 8.77. The first-order valence-corrected chi connectivity index (χ1v) is 8.77. The summed E-state index contributed by atoms with van der Waals surface area (Å²) in [5.74, 6) is 0.148. The van der Waals surface area contributed by atoms with E-state index in [1.54, 1.807) is 6.92 Å². The zero-order valence-corrected chi connectivity index (χ0v) is 15.9. The lowest BCUT2D eigenvalue weighted by Crippen LogP contribution is -2.25. The third kappa shape index (κ3) is 4.36. The molecular weight excluding hydrogens is 304 g/mol. The molecule has 0 N–H and O–H groups in total. The molecule has 1 nitrogen and oxygen atoms in total. The first-order chi connectivity index (χ1) is 11.8. The zero-order valence-electron chi connectivity index (χ0n) is 15.9. The predicted molar refractivity (Wildman–Crippen MR) is 108 cm³/mol. The quantitative estimate of drug-likeness (QED) is 0.597. The molecule has 0 aromatic heterocycles. The summed E-state index contributed by atoms with van der Waals surface area (Å²) in [7, 11) is 0. The number of ketones is 1. The minimum Gasteiger partial charge on any atom is -0.299 e. The van der Waals surface area contributed by atoms with Crippen LogP contribution in [-0.4, -0.2) is 5.78 Å². The molecule has 1 unspecified atom stereocenters. The van der Waals surface area contributed by atoms with Crippen molar-refractivity contribution in [1.29, 1.82) is 0 Å². The normalized spacial score (nSPS) is 26.2. The van der Waals surface area contributed by atoms with Crippen molar-refractivity contribution >= 4 is 11.9 Å². The van der Waals surface area contributed by atoms with Crippen LogP contribution >= 0.6 is 0 Å². The Morgan fingerprint density at radius 3 is 2.04 bits per heavy atom. The van der Waals surface area contributed by atoms with E-state index in [0.717, 1.165) is 11.1 Å². The summed E-state index contributed by atoms with van der Waals surface area (Å²) in [5, 5.41) is 0. The molecule has 2 rings (SSSR count). The van der Waals surface area contributed by atoms with Gasteiger partial charge in [0.05, 0.1) is 5.41 Å². The lowest BCUT2D eigenvalue weighted by Gasteiger charge is -2.27. The highest BCUT2D eigenvalue weighted by atomic mass is 16.1. The van der Waals surface area contributed by atoms with Crippen molar-refractivity contribution < 1.29 is 4.79 Å². The summed E-state index contributed by atoms with van der Waals surface area (Å²) in [6, 6.07) is 16.5. The van der Waals surface area contributed by atoms with Crippen molar-refractivity contribution in [3.05, 3.63) is 89.5 Å². The maximum absolute atomic E-state index is 12.3. The molecule has 0 fully saturated rings. The van der Waals surface area contributed by atoms with Crippen LogP contribution in [-0.2, 0) is 10.2 Å². The van der Waals surface area contributed by atoms with E-state index >= 15 is 0 Å². The molecule has 1 atom stereocenters. The van der Waals surface area contributed by atoms with Gasteiger partial charge in [-0.25, -0.2) is 0 Å². The highest BCUT2D eigenvalue weighted by Crippen LogP contribution is 2.35. The highest BCUT2D eigenvalue weighted by molar-refractivity contribution is 5.89. The molecule has 0 bridgehead atoms. The summed E-state index contributed by atoms with van der Waals surface area (Å²) in [5.41, 5.74) is 2.68. The van der Waals surface area contributed by atoms with Crippen LogP contribution in [0.3, 0.4) is 0 Å². The van der Waals surface area contributed by atoms with E-state index in [1.165, 1.54) is 5.56 Å². The van der Waals surface area contributed by atoms with Crippen molar-refractivity contribution in [2.75, 3.05) is 0 Å². The van der Waals surface area contributed by atoms with Gasteiger partial charge in [0.1, 0.15) is 5.78 Å². The SMILES string of the molecule is CC(=O)C1(C)/C=C\C=C\C(C)(C)c2ccccccccc2/C=C/1C. The number of carbonyl (C=O) groups is 1. The molecule has 0 spiro atoms. The van der Waals surface area contributed by atoms with Gasteiger partial charge >= 0.3 is 0 Å². The Kier molecular flexibility index (Phi) is 5.79. The Hall–Kier alpha value is -2.41. The van der Waals surface area contributed by atoms with E-state index in [4.69, 9.17) is 0 Å². The van der Waals surface area contributed by atoms with Crippen LogP contribution in [0, 0.1) is 5.41 Å². The van der Waals surface area contributed by atoms with Crippen LogP contribution in [0.2, 0.25) is 0 Å². The predicted octanol–water partition coefficient (Wildman–Crippen LogP) is 6.21. The summed E-state index contributed by atoms with van der Waals surface area (Å²) >= 11 is 0. The molecule has 0 saturated carbocycles. The fraction of sp³-hybridized carbons (Fsp3) is 0.292. The lowest BCUT2D eigenvalue weighted by molar-refractivity contribution is -0.121. The van der Waals surface area contributed by atoms with Gasteiger partial charge in [-0.15, -0.1) is 0 Å². The van der Waals surface area contributed by atoms with Crippen molar-refractivity contribution in [1.82, 2.24) is 0 Å². The lowest BCUT2D eigenvalue weighted by atomic mass is 9.75. The van der Waals surface area contributed by atoms with Gasteiger partial charge in [-0.05, 0) is 31.9 Å². The number of Topliss-reactive ketones (excluding diaryl/α,β-unsaturated/α-hetero) is 1. The van der Waals surface area contributed by atoms with E-state index in [9.17, 15) is 4.79 Å². The van der Waals surface area contributed by atoms with Crippen LogP contribution in [0.1, 0.15) is 45.7 Å². The molecule has 0 radical (unpaired) electrons. The van der Waals surface area contributed by atoms with Crippen LogP contribution in [0.4, 0.5) is 0 Å². The van der Waals surface area contributed by atoms with E-state index < -0.39 is 5.41 Å². The fourth-order valence-electron chi connectivity index (χ4n) is 3.01. The Morgan fingerprint density at radius 2 is 1.40 bits per heavy atom. The summed E-state index contributed by atoms with van der Waals surface area (Å²) in [6.45, 7) is 10.1. The van der Waals surface area contributed by atoms with Crippen molar-refractivity contribution in [3.8, 4) is 0 Å². The smallest absolute Gasteiger partial charge is 0.143 e. The minimum absolute atomic E-state index is 0.127. The zero-order chi connectivity index (χ0) is 18.5. The van der Waals surface area contributed by atoms with E-state index in [1.807, 2.05) is 50.3 Å². The van der Waals surface area contributed by atoms with E-state index in [0.29, 0.717) is 0 Å². The standard InChI is InChI=1S/C24H28O/c1-19-18-21-14-10-8-6-7-9-11-15-22(21)23(3,4)16-12-13-17-24(19,5)20(2)25/h6-18H,1-5H3/b7-6?,8-6?,9-7?,10-8?,11-9?,14-10?,15-11?,16-12+,17-13-,19-18+,21-14?,22-15?,22-21?. The van der Waals surface area contributed by atoms with Crippen LogP contribution in [0.5, 0.6) is 0 Å². The van der Waals surface area contributed by atoms with Crippen LogP contribution in [0.25, 0.3) is 6.08 Å². The third-order valence-electron chi connectivity index (χ3n) is 5.08. The topological polar surface area (TPSA) is 17.1 Å². The molecular formula is C24H28O. The maximum atomic E-state index is 12.3. The van der Waals surface area contributed by atoms with E-state index in [-0.39, 0.29) is 11.2 Å².